The second-order valence-corrected chi connectivity index (χ2v) is 11.4. The van der Waals surface area contributed by atoms with E-state index < -0.39 is 66.9 Å². The van der Waals surface area contributed by atoms with Crippen LogP contribution in [0.4, 0.5) is 22.0 Å². The highest BCUT2D eigenvalue weighted by atomic mass is 19.4. The first-order valence-electron chi connectivity index (χ1n) is 13.8. The van der Waals surface area contributed by atoms with E-state index in [1.54, 1.807) is 9.80 Å². The quantitative estimate of drug-likeness (QED) is 0.293. The third kappa shape index (κ3) is 7.68. The molecule has 0 radical (unpaired) electrons. The van der Waals surface area contributed by atoms with E-state index in [1.165, 1.54) is 12.1 Å². The lowest BCUT2D eigenvalue weighted by atomic mass is 9.81. The molecule has 7 atom stereocenters. The predicted molar refractivity (Wildman–Crippen MR) is 133 cm³/mol. The Hall–Kier alpha value is -1.45. The molecular formula is C27H39F5N2O6. The Kier molecular flexibility index (Phi) is 10.4. The van der Waals surface area contributed by atoms with Gasteiger partial charge >= 0.3 is 6.18 Å². The number of piperidine rings is 2. The van der Waals surface area contributed by atoms with Gasteiger partial charge in [0.05, 0.1) is 17.8 Å². The van der Waals surface area contributed by atoms with Gasteiger partial charge in [0.1, 0.15) is 30.6 Å². The Balaban J connectivity index is 1.38. The molecular weight excluding hydrogens is 543 g/mol. The Morgan fingerprint density at radius 3 is 2.05 bits per heavy atom. The third-order valence-corrected chi connectivity index (χ3v) is 8.53. The summed E-state index contributed by atoms with van der Waals surface area (Å²) in [5.41, 5.74) is -0.0789. The number of ether oxygens (including phenoxy) is 1. The second-order valence-electron chi connectivity index (χ2n) is 11.4. The average molecular weight is 583 g/mol. The second kappa shape index (κ2) is 13.2. The van der Waals surface area contributed by atoms with E-state index >= 15 is 0 Å². The van der Waals surface area contributed by atoms with Crippen molar-refractivity contribution >= 4 is 0 Å². The van der Waals surface area contributed by atoms with Gasteiger partial charge < -0.3 is 30.3 Å². The Morgan fingerprint density at radius 1 is 0.825 bits per heavy atom. The van der Waals surface area contributed by atoms with Crippen molar-refractivity contribution in [2.45, 2.75) is 87.6 Å². The van der Waals surface area contributed by atoms with Crippen LogP contribution in [0.15, 0.2) is 24.3 Å². The van der Waals surface area contributed by atoms with E-state index in [4.69, 9.17) is 4.74 Å². The number of benzene rings is 1. The van der Waals surface area contributed by atoms with Gasteiger partial charge in [-0.2, -0.15) is 13.2 Å². The molecule has 1 aliphatic carbocycles. The molecule has 1 aromatic carbocycles. The van der Waals surface area contributed by atoms with Gasteiger partial charge in [-0.1, -0.05) is 12.1 Å². The van der Waals surface area contributed by atoms with Crippen molar-refractivity contribution in [2.24, 2.45) is 11.8 Å². The summed E-state index contributed by atoms with van der Waals surface area (Å²) in [5.74, 6) is -0.618. The topological polar surface area (TPSA) is 117 Å². The van der Waals surface area contributed by atoms with Gasteiger partial charge in [-0.05, 0) is 55.7 Å². The predicted octanol–water partition coefficient (Wildman–Crippen LogP) is 1.47. The van der Waals surface area contributed by atoms with Crippen LogP contribution in [0.2, 0.25) is 0 Å². The molecule has 3 fully saturated rings. The minimum Gasteiger partial charge on any atom is -0.389 e. The lowest BCUT2D eigenvalue weighted by molar-refractivity contribution is -0.253. The number of halogens is 5. The summed E-state index contributed by atoms with van der Waals surface area (Å²) in [6.07, 6.45) is -13.4. The number of hydrogen-bond donors (Lipinski definition) is 5. The molecule has 2 saturated heterocycles. The summed E-state index contributed by atoms with van der Waals surface area (Å²) in [5, 5.41) is 52.6. The first-order valence-corrected chi connectivity index (χ1v) is 13.8. The molecule has 1 aromatic rings. The van der Waals surface area contributed by atoms with Gasteiger partial charge in [-0.3, -0.25) is 9.80 Å². The largest absolute Gasteiger partial charge is 0.416 e. The Bertz CT molecular complexity index is 933. The maximum absolute atomic E-state index is 13.1. The van der Waals surface area contributed by atoms with Crippen LogP contribution in [0, 0.1) is 11.8 Å². The minimum absolute atomic E-state index is 0.0258. The molecule has 0 amide bonds. The van der Waals surface area contributed by atoms with Crippen LogP contribution in [-0.2, 0) is 17.3 Å². The van der Waals surface area contributed by atoms with Crippen LogP contribution < -0.4 is 0 Å². The van der Waals surface area contributed by atoms with E-state index in [9.17, 15) is 47.5 Å². The molecule has 8 nitrogen and oxygen atoms in total. The van der Waals surface area contributed by atoms with Crippen molar-refractivity contribution in [1.82, 2.24) is 9.80 Å². The summed E-state index contributed by atoms with van der Waals surface area (Å²) < 4.78 is 70.8. The van der Waals surface area contributed by atoms with Crippen LogP contribution in [-0.4, -0.2) is 117 Å². The van der Waals surface area contributed by atoms with Gasteiger partial charge in [0, 0.05) is 38.6 Å². The third-order valence-electron chi connectivity index (χ3n) is 8.53. The monoisotopic (exact) mass is 582 g/mol. The molecule has 5 N–H and O–H groups in total. The molecule has 2 heterocycles. The van der Waals surface area contributed by atoms with E-state index in [0.717, 1.165) is 12.1 Å². The number of alkyl halides is 5. The molecule has 1 unspecified atom stereocenters. The van der Waals surface area contributed by atoms with Crippen LogP contribution >= 0.6 is 0 Å². The number of hydrogen-bond acceptors (Lipinski definition) is 8. The molecule has 13 heteroatoms. The molecule has 0 spiro atoms. The van der Waals surface area contributed by atoms with Gasteiger partial charge in [-0.15, -0.1) is 0 Å². The van der Waals surface area contributed by atoms with Gasteiger partial charge in [-0.25, -0.2) is 8.78 Å². The minimum atomic E-state index is -4.43. The fourth-order valence-electron chi connectivity index (χ4n) is 6.05. The number of nitrogens with zero attached hydrogens (tertiary/aromatic N) is 2. The van der Waals surface area contributed by atoms with Crippen molar-refractivity contribution in [1.29, 1.82) is 0 Å². The van der Waals surface area contributed by atoms with Crippen molar-refractivity contribution in [3.05, 3.63) is 35.4 Å². The van der Waals surface area contributed by atoms with Gasteiger partial charge in [0.15, 0.2) is 0 Å². The van der Waals surface area contributed by atoms with E-state index in [0.29, 0.717) is 50.8 Å². The fraction of sp³-hybridized carbons (Fsp3) is 0.778. The molecule has 228 valence electrons. The standard InChI is InChI=1S/C27H39F5N2O6/c28-25(29)17-5-1-16(2-6-17)11-34-13-20(36)23(38)24(39)26(34)40-21-14-33(12-19(35)22(21)37)10-9-15-3-7-18(8-4-15)27(30,31)32/h3-4,7-8,16-17,19-26,35-39H,1-2,5-6,9-14H2/t16?,17?,19-,20+,21+,22+,23-,24+,26?/m1/s1. The number of rotatable bonds is 8. The molecule has 40 heavy (non-hydrogen) atoms. The van der Waals surface area contributed by atoms with Crippen LogP contribution in [0.25, 0.3) is 0 Å². The van der Waals surface area contributed by atoms with Crippen LogP contribution in [0.3, 0.4) is 0 Å². The number of likely N-dealkylation sites (tertiary alicyclic amines) is 2. The van der Waals surface area contributed by atoms with Crippen LogP contribution in [0.5, 0.6) is 0 Å². The highest BCUT2D eigenvalue weighted by Gasteiger charge is 2.46. The summed E-state index contributed by atoms with van der Waals surface area (Å²) in [4.78, 5) is 3.46. The zero-order valence-corrected chi connectivity index (χ0v) is 22.1. The highest BCUT2D eigenvalue weighted by molar-refractivity contribution is 5.24. The number of β-amino-alcohol motifs (C(OH)–C–C–N with tert-alkyl or cyclic N) is 2. The lowest BCUT2D eigenvalue weighted by Crippen LogP contribution is -2.66. The van der Waals surface area contributed by atoms with E-state index in [-0.39, 0.29) is 25.6 Å². The summed E-state index contributed by atoms with van der Waals surface area (Å²) >= 11 is 0. The van der Waals surface area contributed by atoms with Crippen molar-refractivity contribution in [3.63, 3.8) is 0 Å². The highest BCUT2D eigenvalue weighted by Crippen LogP contribution is 2.35. The SMILES string of the molecule is O[C@H]1[C@H](O)CN(CCc2ccc(C(F)(F)F)cc2)C[C@@H]1OC1[C@@H](O)[C@H](O)[C@@H](O)CN1CC1CCC(C(F)F)CC1. The van der Waals surface area contributed by atoms with E-state index in [1.807, 2.05) is 0 Å². The van der Waals surface area contributed by atoms with Crippen LogP contribution in [0.1, 0.15) is 36.8 Å². The summed E-state index contributed by atoms with van der Waals surface area (Å²) in [6, 6.07) is 4.80. The molecule has 4 rings (SSSR count). The maximum atomic E-state index is 13.1. The number of aliphatic hydroxyl groups is 5. The summed E-state index contributed by atoms with van der Waals surface area (Å²) in [7, 11) is 0. The lowest BCUT2D eigenvalue weighted by Gasteiger charge is -2.48. The van der Waals surface area contributed by atoms with Crippen molar-refractivity contribution in [3.8, 4) is 0 Å². The molecule has 0 bridgehead atoms. The zero-order chi connectivity index (χ0) is 29.2. The molecule has 2 aliphatic heterocycles. The normalized spacial score (nSPS) is 36.7. The van der Waals surface area contributed by atoms with Gasteiger partial charge in [0.25, 0.3) is 0 Å². The maximum Gasteiger partial charge on any atom is 0.416 e. The zero-order valence-electron chi connectivity index (χ0n) is 22.1. The van der Waals surface area contributed by atoms with Gasteiger partial charge in [0.2, 0.25) is 6.43 Å². The number of aliphatic hydroxyl groups excluding tert-OH is 5. The smallest absolute Gasteiger partial charge is 0.389 e. The Labute approximate surface area is 230 Å². The van der Waals surface area contributed by atoms with Crippen molar-refractivity contribution in [2.75, 3.05) is 32.7 Å². The molecule has 3 aliphatic rings. The first kappa shape index (κ1) is 31.5. The molecule has 1 saturated carbocycles. The summed E-state index contributed by atoms with van der Waals surface area (Å²) in [6.45, 7) is 0.924. The van der Waals surface area contributed by atoms with E-state index in [2.05, 4.69) is 0 Å². The average Bonchev–Trinajstić information content (AvgIpc) is 2.91. The first-order chi connectivity index (χ1) is 18.8. The Morgan fingerprint density at radius 2 is 1.45 bits per heavy atom. The fourth-order valence-corrected chi connectivity index (χ4v) is 6.05. The molecule has 0 aromatic heterocycles. The van der Waals surface area contributed by atoms with Crippen molar-refractivity contribution < 1.29 is 52.2 Å².